The van der Waals surface area contributed by atoms with Gasteiger partial charge in [-0.2, -0.15) is 0 Å². The normalized spacial score (nSPS) is 11.8. The maximum absolute atomic E-state index is 11.4. The van der Waals surface area contributed by atoms with Crippen molar-refractivity contribution >= 4 is 88.6 Å². The largest absolute Gasteiger partial charge is 0.542 e. The van der Waals surface area contributed by atoms with E-state index >= 15 is 0 Å². The van der Waals surface area contributed by atoms with Crippen LogP contribution in [0.5, 0.6) is 0 Å². The topological polar surface area (TPSA) is 273 Å². The molecular formula is C10H36O15Si11. The van der Waals surface area contributed by atoms with Crippen molar-refractivity contribution < 1.29 is 69.6 Å². The van der Waals surface area contributed by atoms with Crippen LogP contribution in [0.1, 0.15) is 6.92 Å². The highest BCUT2D eigenvalue weighted by Crippen LogP contribution is 2.20. The van der Waals surface area contributed by atoms with Crippen molar-refractivity contribution in [2.75, 3.05) is 6.61 Å². The molecule has 0 spiro atoms. The van der Waals surface area contributed by atoms with Crippen molar-refractivity contribution in [3.8, 4) is 0 Å². The zero-order valence-corrected chi connectivity index (χ0v) is 32.3. The number of hydrogen-bond acceptors (Lipinski definition) is 9. The molecule has 210 valence electrons. The molecule has 0 atom stereocenters. The molecule has 15 nitrogen and oxygen atoms in total. The van der Waals surface area contributed by atoms with Crippen molar-refractivity contribution in [1.82, 2.24) is 0 Å². The van der Waals surface area contributed by atoms with E-state index in [0.29, 0.717) is 0 Å². The van der Waals surface area contributed by atoms with E-state index in [1.165, 1.54) is 0 Å². The molecule has 0 bridgehead atoms. The lowest BCUT2D eigenvalue weighted by molar-refractivity contribution is 0.329. The van der Waals surface area contributed by atoms with Crippen molar-refractivity contribution in [3.05, 3.63) is 0 Å². The molecular weight excluding hydrogens is 669 g/mol. The summed E-state index contributed by atoms with van der Waals surface area (Å²) in [7, 11) is -31.5. The third kappa shape index (κ3) is 11.7. The highest BCUT2D eigenvalue weighted by molar-refractivity contribution is 8.14. The standard InChI is InChI=1S/C8H22O2Si2.C2H8OSi.H6O12Si8/c1-6-10-12(4,5)8-7-11(2,3)9;1-4(2)3;1-13(2)19(14(3)4,15(5)6)20(16(7)8,17(9)10)18(11)12/h9H,6-8H2,1-5H3;3-4H,1-2H3;1,3,5,7,9,11H. The Labute approximate surface area is 222 Å². The Hall–Kier alpha value is -0.134. The predicted octanol–water partition coefficient (Wildman–Crippen LogP) is -4.71. The Morgan fingerprint density at radius 2 is 0.861 bits per heavy atom. The van der Waals surface area contributed by atoms with Crippen LogP contribution in [-0.4, -0.2) is 134 Å². The molecule has 0 amide bonds. The van der Waals surface area contributed by atoms with Crippen LogP contribution < -0.4 is 0 Å². The lowest BCUT2D eigenvalue weighted by atomic mass is 10.9. The van der Waals surface area contributed by atoms with Gasteiger partial charge in [-0.25, -0.2) is 0 Å². The van der Waals surface area contributed by atoms with E-state index in [1.54, 1.807) is 0 Å². The Balaban J connectivity index is -0.000000574. The molecule has 0 radical (unpaired) electrons. The third-order valence-corrected chi connectivity index (χ3v) is 104. The van der Waals surface area contributed by atoms with Gasteiger partial charge < -0.3 is 69.6 Å². The van der Waals surface area contributed by atoms with Gasteiger partial charge in [-0.05, 0) is 58.3 Å². The fraction of sp³-hybridized carbons (Fsp3) is 1.00. The van der Waals surface area contributed by atoms with Crippen LogP contribution in [0.2, 0.25) is 51.4 Å². The van der Waals surface area contributed by atoms with Gasteiger partial charge in [-0.3, -0.25) is 0 Å². The number of hydrogen-bond donors (Lipinski definition) is 8. The minimum atomic E-state index is -5.60. The molecule has 36 heavy (non-hydrogen) atoms. The van der Waals surface area contributed by atoms with Crippen LogP contribution in [0, 0.1) is 0 Å². The van der Waals surface area contributed by atoms with Crippen molar-refractivity contribution in [2.45, 2.75) is 58.3 Å². The van der Waals surface area contributed by atoms with E-state index in [4.69, 9.17) is 38.0 Å². The smallest absolute Gasteiger partial charge is 0.483 e. The Kier molecular flexibility index (Phi) is 18.8. The lowest BCUT2D eigenvalue weighted by Crippen LogP contribution is -2.91. The second kappa shape index (κ2) is 16.7. The summed E-state index contributed by atoms with van der Waals surface area (Å²) in [5, 5.41) is 0. The molecule has 8 N–H and O–H groups in total. The highest BCUT2D eigenvalue weighted by Gasteiger charge is 2.91. The average molecular weight is 705 g/mol. The van der Waals surface area contributed by atoms with Gasteiger partial charge in [0.25, 0.3) is 0 Å². The molecule has 0 aliphatic heterocycles. The first-order valence-corrected chi connectivity index (χ1v) is 38.6. The Morgan fingerprint density at radius 1 is 0.639 bits per heavy atom. The minimum absolute atomic E-state index is 0.812. The van der Waals surface area contributed by atoms with Crippen molar-refractivity contribution in [3.63, 3.8) is 0 Å². The first-order chi connectivity index (χ1) is 15.9. The Morgan fingerprint density at radius 3 is 1.00 bits per heavy atom. The van der Waals surface area contributed by atoms with Crippen LogP contribution in [-0.2, 0) is 31.2 Å². The molecule has 0 heterocycles. The first-order valence-electron chi connectivity index (χ1n) is 10.4. The van der Waals surface area contributed by atoms with E-state index in [9.17, 15) is 31.6 Å². The maximum Gasteiger partial charge on any atom is 0.483 e. The van der Waals surface area contributed by atoms with Crippen LogP contribution in [0.25, 0.3) is 0 Å². The summed E-state index contributed by atoms with van der Waals surface area (Å²) < 4.78 is 73.9. The van der Waals surface area contributed by atoms with Gasteiger partial charge in [-0.1, -0.05) is 0 Å². The molecule has 0 aromatic rings. The van der Waals surface area contributed by atoms with E-state index in [0.717, 1.165) is 18.7 Å². The second-order valence-electron chi connectivity index (χ2n) is 8.93. The van der Waals surface area contributed by atoms with Crippen LogP contribution in [0.4, 0.5) is 0 Å². The molecule has 0 saturated heterocycles. The monoisotopic (exact) mass is 704 g/mol. The second-order valence-corrected chi connectivity index (χ2v) is 69.9. The maximum atomic E-state index is 11.4. The van der Waals surface area contributed by atoms with E-state index < -0.39 is 88.6 Å². The molecule has 0 aliphatic rings. The van der Waals surface area contributed by atoms with Gasteiger partial charge in [0, 0.05) is 6.61 Å². The fourth-order valence-electron chi connectivity index (χ4n) is 2.58. The third-order valence-electron chi connectivity index (χ3n) is 4.36. The summed E-state index contributed by atoms with van der Waals surface area (Å²) in [5.41, 5.74) is 0. The van der Waals surface area contributed by atoms with Crippen LogP contribution in [0.3, 0.4) is 0 Å². The molecule has 0 fully saturated rings. The average Bonchev–Trinajstić information content (AvgIpc) is 2.61. The summed E-state index contributed by atoms with van der Waals surface area (Å²) in [5.74, 6) is 0. The van der Waals surface area contributed by atoms with E-state index in [-0.39, 0.29) is 0 Å². The Bertz CT molecular complexity index is 703. The zero-order valence-electron chi connectivity index (χ0n) is 21.1. The summed E-state index contributed by atoms with van der Waals surface area (Å²) in [6.45, 7) is 15.0. The molecule has 0 aliphatic carbocycles. The fourth-order valence-corrected chi connectivity index (χ4v) is 99.6. The predicted molar refractivity (Wildman–Crippen MR) is 143 cm³/mol. The molecule has 0 saturated carbocycles. The summed E-state index contributed by atoms with van der Waals surface area (Å²) in [6.07, 6.45) is -11.2. The quantitative estimate of drug-likeness (QED) is 0.0887. The lowest BCUT2D eigenvalue weighted by Gasteiger charge is -2.24. The van der Waals surface area contributed by atoms with Crippen molar-refractivity contribution in [2.24, 2.45) is 0 Å². The number of rotatable bonds is 12. The molecule has 0 aromatic heterocycles. The van der Waals surface area contributed by atoms with Gasteiger partial charge in [0.1, 0.15) is 0 Å². The molecule has 26 heteroatoms. The van der Waals surface area contributed by atoms with E-state index in [1.807, 2.05) is 33.1 Å². The minimum Gasteiger partial charge on any atom is -0.542 e. The van der Waals surface area contributed by atoms with Gasteiger partial charge in [-0.15, -0.1) is 0 Å². The first kappa shape index (κ1) is 40.4. The van der Waals surface area contributed by atoms with E-state index in [2.05, 4.69) is 13.1 Å². The van der Waals surface area contributed by atoms with Gasteiger partial charge in [0.15, 0.2) is 25.7 Å². The summed E-state index contributed by atoms with van der Waals surface area (Å²) in [4.78, 5) is 72.8. The summed E-state index contributed by atoms with van der Waals surface area (Å²) in [6, 6.07) is 2.07. The van der Waals surface area contributed by atoms with Gasteiger partial charge in [0.2, 0.25) is 0 Å². The van der Waals surface area contributed by atoms with Crippen LogP contribution in [0.15, 0.2) is 0 Å². The van der Waals surface area contributed by atoms with Gasteiger partial charge in [0.05, 0.1) is 0 Å². The molecule has 0 rings (SSSR count). The molecule has 0 unspecified atom stereocenters. The van der Waals surface area contributed by atoms with Gasteiger partial charge >= 0.3 is 63.0 Å². The van der Waals surface area contributed by atoms with Crippen LogP contribution >= 0.6 is 0 Å². The molecule has 0 aromatic carbocycles. The zero-order chi connectivity index (χ0) is 29.9. The van der Waals surface area contributed by atoms with Crippen molar-refractivity contribution in [1.29, 1.82) is 0 Å². The summed E-state index contributed by atoms with van der Waals surface area (Å²) >= 11 is 0. The highest BCUT2D eigenvalue weighted by atomic mass is 30.4. The SMILES string of the molecule is CCO[Si](C)(C)CC[Si](C)(C)O.C[SiH](C)O.O=[Si](O)[Si]([Si](=O)O)([Si](=O)O)[Si]([Si](=O)O)([Si](=O)O)[Si](=O)O.